The minimum Gasteiger partial charge on any atom is -0.477 e. The molecule has 0 atom stereocenters. The number of aromatic nitrogens is 2. The van der Waals surface area contributed by atoms with E-state index < -0.39 is 0 Å². The van der Waals surface area contributed by atoms with E-state index in [2.05, 4.69) is 15.3 Å². The van der Waals surface area contributed by atoms with Crippen LogP contribution >= 0.6 is 0 Å². The first-order chi connectivity index (χ1) is 7.36. The second kappa shape index (κ2) is 7.00. The molecule has 0 bridgehead atoms. The Morgan fingerprint density at radius 1 is 1.33 bits per heavy atom. The molecule has 15 heavy (non-hydrogen) atoms. The van der Waals surface area contributed by atoms with Crippen molar-refractivity contribution in [3.8, 4) is 5.88 Å². The first-order valence-corrected chi connectivity index (χ1v) is 5.04. The van der Waals surface area contributed by atoms with Gasteiger partial charge >= 0.3 is 0 Å². The molecule has 0 saturated carbocycles. The lowest BCUT2D eigenvalue weighted by Crippen LogP contribution is -2.04. The van der Waals surface area contributed by atoms with E-state index in [4.69, 9.17) is 9.47 Å². The number of hydrogen-bond donors (Lipinski definition) is 1. The fourth-order valence-electron chi connectivity index (χ4n) is 1.08. The monoisotopic (exact) mass is 211 g/mol. The van der Waals surface area contributed by atoms with Gasteiger partial charge in [0.2, 0.25) is 5.88 Å². The van der Waals surface area contributed by atoms with Crippen LogP contribution in [0.2, 0.25) is 0 Å². The molecule has 0 amide bonds. The molecule has 0 aromatic carbocycles. The van der Waals surface area contributed by atoms with E-state index in [1.54, 1.807) is 13.2 Å². The van der Waals surface area contributed by atoms with Crippen LogP contribution in [0.25, 0.3) is 0 Å². The van der Waals surface area contributed by atoms with Gasteiger partial charge in [0.25, 0.3) is 0 Å². The van der Waals surface area contributed by atoms with Crippen molar-refractivity contribution in [2.45, 2.75) is 13.3 Å². The maximum absolute atomic E-state index is 5.42. The third kappa shape index (κ3) is 4.60. The smallest absolute Gasteiger partial charge is 0.218 e. The van der Waals surface area contributed by atoms with Gasteiger partial charge in [0.1, 0.15) is 12.1 Å². The second-order valence-corrected chi connectivity index (χ2v) is 2.97. The van der Waals surface area contributed by atoms with Gasteiger partial charge in [-0.2, -0.15) is 0 Å². The van der Waals surface area contributed by atoms with Gasteiger partial charge in [0, 0.05) is 32.7 Å². The average molecular weight is 211 g/mol. The number of anilines is 1. The standard InChI is InChI=1S/C10H17N3O2/c1-3-11-9-7-10(13-8-12-9)15-6-4-5-14-2/h7-8H,3-6H2,1-2H3,(H,11,12,13). The highest BCUT2D eigenvalue weighted by Gasteiger charge is 1.98. The molecule has 5 heteroatoms. The molecule has 0 aliphatic rings. The fraction of sp³-hybridized carbons (Fsp3) is 0.600. The zero-order chi connectivity index (χ0) is 10.9. The maximum atomic E-state index is 5.42. The van der Waals surface area contributed by atoms with Crippen molar-refractivity contribution in [1.29, 1.82) is 0 Å². The van der Waals surface area contributed by atoms with Crippen LogP contribution in [0.4, 0.5) is 5.82 Å². The zero-order valence-corrected chi connectivity index (χ0v) is 9.19. The van der Waals surface area contributed by atoms with Crippen LogP contribution < -0.4 is 10.1 Å². The van der Waals surface area contributed by atoms with E-state index >= 15 is 0 Å². The maximum Gasteiger partial charge on any atom is 0.218 e. The summed E-state index contributed by atoms with van der Waals surface area (Å²) in [5.74, 6) is 1.38. The van der Waals surface area contributed by atoms with Gasteiger partial charge < -0.3 is 14.8 Å². The Labute approximate surface area is 89.8 Å². The molecule has 5 nitrogen and oxygen atoms in total. The Morgan fingerprint density at radius 3 is 2.93 bits per heavy atom. The third-order valence-electron chi connectivity index (χ3n) is 1.74. The highest BCUT2D eigenvalue weighted by atomic mass is 16.5. The van der Waals surface area contributed by atoms with Crippen molar-refractivity contribution in [3.05, 3.63) is 12.4 Å². The van der Waals surface area contributed by atoms with E-state index in [0.717, 1.165) is 18.8 Å². The normalized spacial score (nSPS) is 10.0. The molecule has 1 aromatic rings. The number of nitrogens with zero attached hydrogens (tertiary/aromatic N) is 2. The predicted octanol–water partition coefficient (Wildman–Crippen LogP) is 1.32. The summed E-state index contributed by atoms with van der Waals surface area (Å²) in [6.45, 7) is 4.16. The Bertz CT molecular complexity index is 281. The van der Waals surface area contributed by atoms with Crippen molar-refractivity contribution in [3.63, 3.8) is 0 Å². The highest BCUT2D eigenvalue weighted by molar-refractivity contribution is 5.36. The summed E-state index contributed by atoms with van der Waals surface area (Å²) < 4.78 is 10.3. The first kappa shape index (κ1) is 11.7. The molecular weight excluding hydrogens is 194 g/mol. The number of hydrogen-bond acceptors (Lipinski definition) is 5. The predicted molar refractivity (Wildman–Crippen MR) is 58.2 cm³/mol. The van der Waals surface area contributed by atoms with Crippen molar-refractivity contribution < 1.29 is 9.47 Å². The summed E-state index contributed by atoms with van der Waals surface area (Å²) in [5, 5.41) is 3.09. The SMILES string of the molecule is CCNc1cc(OCCCOC)ncn1. The molecule has 1 N–H and O–H groups in total. The Kier molecular flexibility index (Phi) is 5.47. The lowest BCUT2D eigenvalue weighted by Gasteiger charge is -2.06. The summed E-state index contributed by atoms with van der Waals surface area (Å²) in [6.07, 6.45) is 2.35. The molecule has 1 aromatic heterocycles. The van der Waals surface area contributed by atoms with Crippen LogP contribution in [-0.2, 0) is 4.74 Å². The highest BCUT2D eigenvalue weighted by Crippen LogP contribution is 2.10. The van der Waals surface area contributed by atoms with Gasteiger partial charge in [-0.15, -0.1) is 0 Å². The van der Waals surface area contributed by atoms with Crippen LogP contribution in [-0.4, -0.2) is 36.8 Å². The second-order valence-electron chi connectivity index (χ2n) is 2.97. The summed E-state index contributed by atoms with van der Waals surface area (Å²) in [7, 11) is 1.67. The quantitative estimate of drug-likeness (QED) is 0.689. The number of methoxy groups -OCH3 is 1. The molecule has 0 saturated heterocycles. The molecule has 84 valence electrons. The average Bonchev–Trinajstić information content (AvgIpc) is 2.26. The summed E-state index contributed by atoms with van der Waals surface area (Å²) >= 11 is 0. The molecular formula is C10H17N3O2. The van der Waals surface area contributed by atoms with Crippen LogP contribution in [0.15, 0.2) is 12.4 Å². The zero-order valence-electron chi connectivity index (χ0n) is 9.19. The van der Waals surface area contributed by atoms with E-state index in [-0.39, 0.29) is 0 Å². The summed E-state index contributed by atoms with van der Waals surface area (Å²) in [4.78, 5) is 8.05. The van der Waals surface area contributed by atoms with Gasteiger partial charge in [0.15, 0.2) is 0 Å². The molecule has 0 aliphatic carbocycles. The molecule has 0 radical (unpaired) electrons. The van der Waals surface area contributed by atoms with Gasteiger partial charge in [-0.05, 0) is 6.92 Å². The summed E-state index contributed by atoms with van der Waals surface area (Å²) in [6, 6.07) is 1.79. The van der Waals surface area contributed by atoms with Crippen molar-refractivity contribution >= 4 is 5.82 Å². The number of nitrogens with one attached hydrogen (secondary N) is 1. The third-order valence-corrected chi connectivity index (χ3v) is 1.74. The largest absolute Gasteiger partial charge is 0.477 e. The lowest BCUT2D eigenvalue weighted by molar-refractivity contribution is 0.170. The van der Waals surface area contributed by atoms with Crippen LogP contribution in [0.1, 0.15) is 13.3 Å². The van der Waals surface area contributed by atoms with Crippen molar-refractivity contribution in [1.82, 2.24) is 9.97 Å². The van der Waals surface area contributed by atoms with Crippen LogP contribution in [0.3, 0.4) is 0 Å². The van der Waals surface area contributed by atoms with Crippen LogP contribution in [0, 0.1) is 0 Å². The van der Waals surface area contributed by atoms with E-state index in [0.29, 0.717) is 19.1 Å². The van der Waals surface area contributed by atoms with Gasteiger partial charge in [-0.3, -0.25) is 0 Å². The van der Waals surface area contributed by atoms with E-state index in [9.17, 15) is 0 Å². The molecule has 0 fully saturated rings. The number of ether oxygens (including phenoxy) is 2. The van der Waals surface area contributed by atoms with E-state index in [1.807, 2.05) is 6.92 Å². The van der Waals surface area contributed by atoms with Gasteiger partial charge in [-0.1, -0.05) is 0 Å². The number of rotatable bonds is 7. The minimum atomic E-state index is 0.594. The summed E-state index contributed by atoms with van der Waals surface area (Å²) in [5.41, 5.74) is 0. The molecule has 1 rings (SSSR count). The fourth-order valence-corrected chi connectivity index (χ4v) is 1.08. The van der Waals surface area contributed by atoms with Crippen molar-refractivity contribution in [2.75, 3.05) is 32.2 Å². The Morgan fingerprint density at radius 2 is 2.20 bits per heavy atom. The topological polar surface area (TPSA) is 56.3 Å². The van der Waals surface area contributed by atoms with Crippen LogP contribution in [0.5, 0.6) is 5.88 Å². The van der Waals surface area contributed by atoms with Gasteiger partial charge in [-0.25, -0.2) is 9.97 Å². The molecule has 0 aliphatic heterocycles. The van der Waals surface area contributed by atoms with E-state index in [1.165, 1.54) is 6.33 Å². The Hall–Kier alpha value is -1.36. The van der Waals surface area contributed by atoms with Crippen molar-refractivity contribution in [2.24, 2.45) is 0 Å². The lowest BCUT2D eigenvalue weighted by atomic mass is 10.5. The minimum absolute atomic E-state index is 0.594. The Balaban J connectivity index is 2.36. The molecule has 0 unspecified atom stereocenters. The molecule has 0 spiro atoms. The molecule has 1 heterocycles. The van der Waals surface area contributed by atoms with Gasteiger partial charge in [0.05, 0.1) is 6.61 Å². The first-order valence-electron chi connectivity index (χ1n) is 5.04.